The minimum absolute atomic E-state index is 0.213. The molecule has 0 fully saturated rings. The molecule has 0 aromatic heterocycles. The number of hydrogen-bond donors (Lipinski definition) is 2. The summed E-state index contributed by atoms with van der Waals surface area (Å²) in [5.74, 6) is -1.28. The van der Waals surface area contributed by atoms with Crippen LogP contribution in [0.1, 0.15) is 96.8 Å². The minimum atomic E-state index is -1.64. The molecule has 1 unspecified atom stereocenters. The monoisotopic (exact) mass is 354 g/mol. The van der Waals surface area contributed by atoms with E-state index in [9.17, 15) is 14.7 Å². The molecule has 25 heavy (non-hydrogen) atoms. The Morgan fingerprint density at radius 2 is 1.24 bits per heavy atom. The minimum Gasteiger partial charge on any atom is -0.388 e. The Hall–Kier alpha value is -1.00. The lowest BCUT2D eigenvalue weighted by Gasteiger charge is -2.06. The standard InChI is InChI=1S/C21H38O4/c1-2-3-4-5-6-7-8-9-10-11-12-13-14-15-16-17-19(23)21(25)20(24)18-22/h9-10,21-22,25H,2-8,11-18H2,1H3. The fourth-order valence-electron chi connectivity index (χ4n) is 2.77. The van der Waals surface area contributed by atoms with Crippen LogP contribution < -0.4 is 0 Å². The molecule has 0 aliphatic heterocycles. The summed E-state index contributed by atoms with van der Waals surface area (Å²) in [4.78, 5) is 22.5. The van der Waals surface area contributed by atoms with Crippen molar-refractivity contribution >= 4 is 11.6 Å². The van der Waals surface area contributed by atoms with Crippen LogP contribution >= 0.6 is 0 Å². The second kappa shape index (κ2) is 17.8. The van der Waals surface area contributed by atoms with Gasteiger partial charge in [-0.25, -0.2) is 0 Å². The van der Waals surface area contributed by atoms with Gasteiger partial charge in [-0.15, -0.1) is 0 Å². The summed E-state index contributed by atoms with van der Waals surface area (Å²) >= 11 is 0. The first-order valence-electron chi connectivity index (χ1n) is 10.1. The molecule has 0 aliphatic carbocycles. The number of ketones is 2. The summed E-state index contributed by atoms with van der Waals surface area (Å²) in [6.45, 7) is 1.47. The van der Waals surface area contributed by atoms with E-state index in [1.54, 1.807) is 0 Å². The molecule has 0 radical (unpaired) electrons. The summed E-state index contributed by atoms with van der Waals surface area (Å²) in [6, 6.07) is 0. The number of Topliss-reactive ketones (excluding diaryl/α,β-unsaturated/α-hetero) is 2. The third kappa shape index (κ3) is 15.0. The quantitative estimate of drug-likeness (QED) is 0.216. The van der Waals surface area contributed by atoms with Gasteiger partial charge in [0.1, 0.15) is 6.61 Å². The fraction of sp³-hybridized carbons (Fsp3) is 0.810. The first-order chi connectivity index (χ1) is 12.1. The Bertz CT molecular complexity index is 363. The highest BCUT2D eigenvalue weighted by molar-refractivity contribution is 6.05. The van der Waals surface area contributed by atoms with E-state index in [4.69, 9.17) is 5.11 Å². The molecule has 0 saturated heterocycles. The van der Waals surface area contributed by atoms with Gasteiger partial charge in [0.05, 0.1) is 0 Å². The van der Waals surface area contributed by atoms with Crippen molar-refractivity contribution in [1.29, 1.82) is 0 Å². The Morgan fingerprint density at radius 1 is 0.760 bits per heavy atom. The van der Waals surface area contributed by atoms with Crippen LogP contribution in [0.15, 0.2) is 12.2 Å². The Kier molecular flexibility index (Phi) is 17.1. The SMILES string of the molecule is CCCCCCCCC=CCCCCCCCC(=O)C(O)C(=O)CO. The maximum atomic E-state index is 11.5. The Labute approximate surface area is 153 Å². The first-order valence-corrected chi connectivity index (χ1v) is 10.1. The fourth-order valence-corrected chi connectivity index (χ4v) is 2.77. The van der Waals surface area contributed by atoms with Crippen LogP contribution in [0.3, 0.4) is 0 Å². The number of unbranched alkanes of at least 4 members (excludes halogenated alkanes) is 11. The van der Waals surface area contributed by atoms with Crippen molar-refractivity contribution in [3.8, 4) is 0 Å². The molecule has 4 nitrogen and oxygen atoms in total. The molecule has 0 aliphatic rings. The number of carbonyl (C=O) groups excluding carboxylic acids is 2. The number of aliphatic hydroxyl groups excluding tert-OH is 2. The van der Waals surface area contributed by atoms with Crippen molar-refractivity contribution < 1.29 is 19.8 Å². The van der Waals surface area contributed by atoms with Gasteiger partial charge in [-0.3, -0.25) is 9.59 Å². The highest BCUT2D eigenvalue weighted by Gasteiger charge is 2.21. The van der Waals surface area contributed by atoms with Crippen LogP contribution in [0, 0.1) is 0 Å². The zero-order valence-electron chi connectivity index (χ0n) is 16.0. The summed E-state index contributed by atoms with van der Waals surface area (Å²) in [6.07, 6.45) is 18.6. The van der Waals surface area contributed by atoms with Crippen LogP contribution in [-0.2, 0) is 9.59 Å². The topological polar surface area (TPSA) is 74.6 Å². The average molecular weight is 355 g/mol. The van der Waals surface area contributed by atoms with Crippen molar-refractivity contribution in [2.24, 2.45) is 0 Å². The van der Waals surface area contributed by atoms with Gasteiger partial charge >= 0.3 is 0 Å². The molecule has 1 atom stereocenters. The maximum absolute atomic E-state index is 11.5. The van der Waals surface area contributed by atoms with Gasteiger partial charge in [-0.2, -0.15) is 0 Å². The van der Waals surface area contributed by atoms with Gasteiger partial charge < -0.3 is 10.2 Å². The predicted molar refractivity (Wildman–Crippen MR) is 103 cm³/mol. The maximum Gasteiger partial charge on any atom is 0.194 e. The number of hydrogen-bond acceptors (Lipinski definition) is 4. The molecule has 0 saturated carbocycles. The average Bonchev–Trinajstić information content (AvgIpc) is 2.63. The lowest BCUT2D eigenvalue weighted by Crippen LogP contribution is -2.31. The number of carbonyl (C=O) groups is 2. The van der Waals surface area contributed by atoms with E-state index in [-0.39, 0.29) is 6.42 Å². The van der Waals surface area contributed by atoms with Gasteiger partial charge in [0, 0.05) is 6.42 Å². The molecule has 146 valence electrons. The van der Waals surface area contributed by atoms with Crippen molar-refractivity contribution in [2.45, 2.75) is 103 Å². The Morgan fingerprint density at radius 3 is 1.76 bits per heavy atom. The first kappa shape index (κ1) is 24.0. The normalized spacial score (nSPS) is 12.6. The zero-order valence-corrected chi connectivity index (χ0v) is 16.0. The summed E-state index contributed by atoms with van der Waals surface area (Å²) in [7, 11) is 0. The summed E-state index contributed by atoms with van der Waals surface area (Å²) in [5.41, 5.74) is 0. The lowest BCUT2D eigenvalue weighted by atomic mass is 10.0. The van der Waals surface area contributed by atoms with E-state index >= 15 is 0 Å². The highest BCUT2D eigenvalue weighted by Crippen LogP contribution is 2.10. The van der Waals surface area contributed by atoms with E-state index in [0.717, 1.165) is 25.7 Å². The van der Waals surface area contributed by atoms with Crippen molar-refractivity contribution in [1.82, 2.24) is 0 Å². The van der Waals surface area contributed by atoms with Crippen molar-refractivity contribution in [3.05, 3.63) is 12.2 Å². The van der Waals surface area contributed by atoms with Crippen LogP contribution in [0.2, 0.25) is 0 Å². The number of rotatable bonds is 18. The molecular weight excluding hydrogens is 316 g/mol. The summed E-state index contributed by atoms with van der Waals surface area (Å²) < 4.78 is 0. The largest absolute Gasteiger partial charge is 0.388 e. The molecule has 0 rings (SSSR count). The number of aliphatic hydroxyl groups is 2. The van der Waals surface area contributed by atoms with Crippen LogP contribution in [0.5, 0.6) is 0 Å². The van der Waals surface area contributed by atoms with Crippen LogP contribution in [0.25, 0.3) is 0 Å². The van der Waals surface area contributed by atoms with Crippen molar-refractivity contribution in [3.63, 3.8) is 0 Å². The van der Waals surface area contributed by atoms with E-state index in [1.807, 2.05) is 0 Å². The molecule has 0 amide bonds. The molecule has 0 bridgehead atoms. The van der Waals surface area contributed by atoms with E-state index in [2.05, 4.69) is 19.1 Å². The van der Waals surface area contributed by atoms with Gasteiger partial charge in [0.15, 0.2) is 17.7 Å². The van der Waals surface area contributed by atoms with Gasteiger partial charge in [0.2, 0.25) is 0 Å². The van der Waals surface area contributed by atoms with Crippen molar-refractivity contribution in [2.75, 3.05) is 6.61 Å². The van der Waals surface area contributed by atoms with Gasteiger partial charge in [0.25, 0.3) is 0 Å². The molecule has 0 aromatic carbocycles. The van der Waals surface area contributed by atoms with E-state index in [1.165, 1.54) is 51.4 Å². The molecule has 0 spiro atoms. The lowest BCUT2D eigenvalue weighted by molar-refractivity contribution is -0.140. The van der Waals surface area contributed by atoms with Crippen LogP contribution in [0.4, 0.5) is 0 Å². The summed E-state index contributed by atoms with van der Waals surface area (Å²) in [5, 5.41) is 17.9. The molecule has 0 heterocycles. The predicted octanol–water partition coefficient (Wildman–Crippen LogP) is 4.52. The molecule has 2 N–H and O–H groups in total. The highest BCUT2D eigenvalue weighted by atomic mass is 16.3. The third-order valence-corrected chi connectivity index (χ3v) is 4.45. The Balaban J connectivity index is 3.34. The van der Waals surface area contributed by atoms with E-state index < -0.39 is 24.3 Å². The second-order valence-corrected chi connectivity index (χ2v) is 6.83. The molecular formula is C21H38O4. The molecule has 4 heteroatoms. The zero-order chi connectivity index (χ0) is 18.8. The van der Waals surface area contributed by atoms with Crippen LogP contribution in [-0.4, -0.2) is 34.5 Å². The number of allylic oxidation sites excluding steroid dienone is 2. The van der Waals surface area contributed by atoms with Gasteiger partial charge in [-0.05, 0) is 32.1 Å². The molecule has 0 aromatic rings. The van der Waals surface area contributed by atoms with E-state index in [0.29, 0.717) is 6.42 Å². The second-order valence-electron chi connectivity index (χ2n) is 6.83. The van der Waals surface area contributed by atoms with Gasteiger partial charge in [-0.1, -0.05) is 70.4 Å². The third-order valence-electron chi connectivity index (χ3n) is 4.45. The smallest absolute Gasteiger partial charge is 0.194 e.